The minimum atomic E-state index is -0.292. The molecule has 2 aliphatic rings. The lowest BCUT2D eigenvalue weighted by molar-refractivity contribution is 0.0960. The van der Waals surface area contributed by atoms with Gasteiger partial charge >= 0.3 is 0 Å². The number of hydrogen-bond donors (Lipinski definition) is 0. The maximum absolute atomic E-state index is 13.1. The topological polar surface area (TPSA) is 20.3 Å². The van der Waals surface area contributed by atoms with Crippen LogP contribution < -0.4 is 0 Å². The van der Waals surface area contributed by atoms with E-state index in [1.165, 1.54) is 74.6 Å². The first-order chi connectivity index (χ1) is 15.2. The number of carbonyl (C=O) groups is 1. The molecule has 0 aromatic heterocycles. The predicted octanol–water partition coefficient (Wildman–Crippen LogP) is 6.93. The van der Waals surface area contributed by atoms with Crippen molar-refractivity contribution >= 4 is 5.78 Å². The molecule has 3 heteroatoms. The van der Waals surface area contributed by atoms with Gasteiger partial charge in [0.05, 0.1) is 0 Å². The van der Waals surface area contributed by atoms with E-state index in [1.807, 2.05) is 0 Å². The SMILES string of the molecule is O=C(CCCN1CCCCC1Cc1ccc(C2CCCCC2)cc1)c1ccc(F)cc1. The Morgan fingerprint density at radius 2 is 1.58 bits per heavy atom. The molecule has 1 heterocycles. The van der Waals surface area contributed by atoms with E-state index in [-0.39, 0.29) is 11.6 Å². The normalized spacial score (nSPS) is 20.6. The van der Waals surface area contributed by atoms with Crippen LogP contribution in [0.5, 0.6) is 0 Å². The van der Waals surface area contributed by atoms with E-state index in [4.69, 9.17) is 0 Å². The lowest BCUT2D eigenvalue weighted by Crippen LogP contribution is -2.41. The van der Waals surface area contributed by atoms with Gasteiger partial charge in [0, 0.05) is 18.0 Å². The van der Waals surface area contributed by atoms with Gasteiger partial charge in [-0.1, -0.05) is 49.9 Å². The van der Waals surface area contributed by atoms with Gasteiger partial charge in [0.25, 0.3) is 0 Å². The number of halogens is 1. The summed E-state index contributed by atoms with van der Waals surface area (Å²) in [6.07, 6.45) is 13.2. The maximum atomic E-state index is 13.1. The number of rotatable bonds is 8. The van der Waals surface area contributed by atoms with Crippen LogP contribution in [0.2, 0.25) is 0 Å². The molecule has 1 aliphatic heterocycles. The molecular weight excluding hydrogens is 385 g/mol. The Morgan fingerprint density at radius 1 is 0.871 bits per heavy atom. The molecule has 2 nitrogen and oxygen atoms in total. The van der Waals surface area contributed by atoms with Crippen molar-refractivity contribution in [2.45, 2.75) is 82.6 Å². The highest BCUT2D eigenvalue weighted by atomic mass is 19.1. The highest BCUT2D eigenvalue weighted by molar-refractivity contribution is 5.95. The summed E-state index contributed by atoms with van der Waals surface area (Å²) < 4.78 is 13.1. The van der Waals surface area contributed by atoms with E-state index >= 15 is 0 Å². The summed E-state index contributed by atoms with van der Waals surface area (Å²) in [7, 11) is 0. The molecule has 2 aromatic carbocycles. The van der Waals surface area contributed by atoms with Gasteiger partial charge < -0.3 is 4.90 Å². The minimum absolute atomic E-state index is 0.117. The van der Waals surface area contributed by atoms with Gasteiger partial charge in [-0.05, 0) is 92.9 Å². The fourth-order valence-corrected chi connectivity index (χ4v) is 5.44. The zero-order chi connectivity index (χ0) is 21.5. The zero-order valence-electron chi connectivity index (χ0n) is 18.7. The van der Waals surface area contributed by atoms with E-state index in [1.54, 1.807) is 12.1 Å². The first kappa shape index (κ1) is 22.2. The number of likely N-dealkylation sites (tertiary alicyclic amines) is 1. The Morgan fingerprint density at radius 3 is 2.32 bits per heavy atom. The van der Waals surface area contributed by atoms with Gasteiger partial charge in [-0.15, -0.1) is 0 Å². The summed E-state index contributed by atoms with van der Waals surface area (Å²) in [6, 6.07) is 16.0. The first-order valence-electron chi connectivity index (χ1n) is 12.3. The van der Waals surface area contributed by atoms with Crippen molar-refractivity contribution in [1.29, 1.82) is 0 Å². The number of nitrogens with zero attached hydrogens (tertiary/aromatic N) is 1. The molecule has 0 bridgehead atoms. The van der Waals surface area contributed by atoms with Gasteiger partial charge in [-0.3, -0.25) is 4.79 Å². The van der Waals surface area contributed by atoms with E-state index in [0.29, 0.717) is 18.0 Å². The number of piperidine rings is 1. The van der Waals surface area contributed by atoms with Crippen molar-refractivity contribution in [3.63, 3.8) is 0 Å². The molecule has 166 valence electrons. The number of carbonyl (C=O) groups excluding carboxylic acids is 1. The highest BCUT2D eigenvalue weighted by Gasteiger charge is 2.23. The fraction of sp³-hybridized carbons (Fsp3) is 0.536. The van der Waals surface area contributed by atoms with Crippen LogP contribution in [0.15, 0.2) is 48.5 Å². The molecule has 1 saturated carbocycles. The van der Waals surface area contributed by atoms with Crippen LogP contribution in [-0.2, 0) is 6.42 Å². The summed E-state index contributed by atoms with van der Waals surface area (Å²) in [5, 5.41) is 0. The van der Waals surface area contributed by atoms with Gasteiger partial charge in [-0.2, -0.15) is 0 Å². The average Bonchev–Trinajstić information content (AvgIpc) is 2.81. The third-order valence-corrected chi connectivity index (χ3v) is 7.29. The molecule has 0 radical (unpaired) electrons. The maximum Gasteiger partial charge on any atom is 0.162 e. The largest absolute Gasteiger partial charge is 0.300 e. The van der Waals surface area contributed by atoms with E-state index in [0.717, 1.165) is 31.8 Å². The average molecular weight is 422 g/mol. The molecule has 2 aromatic rings. The molecule has 1 unspecified atom stereocenters. The number of Topliss-reactive ketones (excluding diaryl/α,β-unsaturated/α-hetero) is 1. The van der Waals surface area contributed by atoms with Crippen molar-refractivity contribution in [3.05, 3.63) is 71.0 Å². The smallest absolute Gasteiger partial charge is 0.162 e. The molecule has 4 rings (SSSR count). The van der Waals surface area contributed by atoms with Crippen LogP contribution in [0.1, 0.15) is 91.6 Å². The van der Waals surface area contributed by atoms with Crippen LogP contribution >= 0.6 is 0 Å². The Hall–Kier alpha value is -2.00. The van der Waals surface area contributed by atoms with Crippen LogP contribution in [0.4, 0.5) is 4.39 Å². The van der Waals surface area contributed by atoms with Crippen LogP contribution in [-0.4, -0.2) is 29.8 Å². The molecular formula is C28H36FNO. The van der Waals surface area contributed by atoms with Gasteiger partial charge in [0.2, 0.25) is 0 Å². The molecule has 0 amide bonds. The third-order valence-electron chi connectivity index (χ3n) is 7.29. The van der Waals surface area contributed by atoms with Crippen LogP contribution in [0.3, 0.4) is 0 Å². The predicted molar refractivity (Wildman–Crippen MR) is 125 cm³/mol. The monoisotopic (exact) mass is 421 g/mol. The number of ketones is 1. The van der Waals surface area contributed by atoms with Crippen molar-refractivity contribution in [2.75, 3.05) is 13.1 Å². The highest BCUT2D eigenvalue weighted by Crippen LogP contribution is 2.33. The number of benzene rings is 2. The second-order valence-corrected chi connectivity index (χ2v) is 9.50. The van der Waals surface area contributed by atoms with Crippen LogP contribution in [0, 0.1) is 5.82 Å². The summed E-state index contributed by atoms with van der Waals surface area (Å²) in [5.74, 6) is 0.596. The summed E-state index contributed by atoms with van der Waals surface area (Å²) in [5.41, 5.74) is 3.59. The molecule has 1 aliphatic carbocycles. The lowest BCUT2D eigenvalue weighted by Gasteiger charge is -2.36. The Bertz CT molecular complexity index is 823. The van der Waals surface area contributed by atoms with Crippen molar-refractivity contribution in [3.8, 4) is 0 Å². The van der Waals surface area contributed by atoms with Gasteiger partial charge in [-0.25, -0.2) is 4.39 Å². The van der Waals surface area contributed by atoms with Crippen molar-refractivity contribution in [2.24, 2.45) is 0 Å². The Kier molecular flexibility index (Phi) is 7.91. The van der Waals surface area contributed by atoms with Crippen molar-refractivity contribution < 1.29 is 9.18 Å². The van der Waals surface area contributed by atoms with Gasteiger partial charge in [0.15, 0.2) is 5.78 Å². The van der Waals surface area contributed by atoms with E-state index < -0.39 is 0 Å². The first-order valence-corrected chi connectivity index (χ1v) is 12.3. The second-order valence-electron chi connectivity index (χ2n) is 9.50. The molecule has 2 fully saturated rings. The lowest BCUT2D eigenvalue weighted by atomic mass is 9.83. The molecule has 0 N–H and O–H groups in total. The Labute approximate surface area is 186 Å². The second kappa shape index (κ2) is 11.0. The van der Waals surface area contributed by atoms with E-state index in [9.17, 15) is 9.18 Å². The molecule has 1 saturated heterocycles. The zero-order valence-corrected chi connectivity index (χ0v) is 18.7. The van der Waals surface area contributed by atoms with Crippen molar-refractivity contribution in [1.82, 2.24) is 4.90 Å². The van der Waals surface area contributed by atoms with E-state index in [2.05, 4.69) is 29.2 Å². The van der Waals surface area contributed by atoms with Crippen LogP contribution in [0.25, 0.3) is 0 Å². The third kappa shape index (κ3) is 6.26. The minimum Gasteiger partial charge on any atom is -0.300 e. The molecule has 0 spiro atoms. The van der Waals surface area contributed by atoms with Gasteiger partial charge in [0.1, 0.15) is 5.82 Å². The summed E-state index contributed by atoms with van der Waals surface area (Å²) in [4.78, 5) is 15.0. The summed E-state index contributed by atoms with van der Waals surface area (Å²) >= 11 is 0. The quantitative estimate of drug-likeness (QED) is 0.431. The number of hydrogen-bond acceptors (Lipinski definition) is 2. The fourth-order valence-electron chi connectivity index (χ4n) is 5.44. The Balaban J connectivity index is 1.28. The molecule has 1 atom stereocenters. The molecule has 31 heavy (non-hydrogen) atoms. The standard InChI is InChI=1S/C28H36FNO/c29-26-17-15-25(16-18-26)28(31)10-6-20-30-19-5-4-9-27(30)21-22-11-13-24(14-12-22)23-7-2-1-3-8-23/h11-18,23,27H,1-10,19-21H2. The summed E-state index contributed by atoms with van der Waals surface area (Å²) in [6.45, 7) is 2.10.